The van der Waals surface area contributed by atoms with Gasteiger partial charge in [0.2, 0.25) is 0 Å². The number of rotatable bonds is 10. The zero-order chi connectivity index (χ0) is 15.8. The molecule has 0 amide bonds. The third kappa shape index (κ3) is 4.95. The Hall–Kier alpha value is -0.0931. The number of hydrogen-bond acceptors (Lipinski definition) is 7. The molecule has 0 aliphatic carbocycles. The number of aromatic nitrogens is 1. The topological polar surface area (TPSA) is 40.6 Å². The van der Waals surface area contributed by atoms with Gasteiger partial charge >= 0.3 is 8.80 Å². The fraction of sp³-hybridized carbons (Fsp3) is 0.500. The van der Waals surface area contributed by atoms with Crippen molar-refractivity contribution in [3.8, 4) is 0 Å². The Kier molecular flexibility index (Phi) is 7.68. The van der Waals surface area contributed by atoms with E-state index in [2.05, 4.69) is 23.2 Å². The normalized spacial score (nSPS) is 12.1. The summed E-state index contributed by atoms with van der Waals surface area (Å²) in [7, 11) is 6.22. The van der Waals surface area contributed by atoms with Crippen LogP contribution in [-0.4, -0.2) is 40.9 Å². The van der Waals surface area contributed by atoms with Gasteiger partial charge < -0.3 is 13.3 Å². The van der Waals surface area contributed by atoms with E-state index in [1.54, 1.807) is 43.5 Å². The molecule has 0 spiro atoms. The van der Waals surface area contributed by atoms with Gasteiger partial charge in [-0.15, -0.1) is 11.3 Å². The summed E-state index contributed by atoms with van der Waals surface area (Å²) in [5.41, 5.74) is 1.09. The third-order valence-corrected chi connectivity index (χ3v) is 9.91. The Morgan fingerprint density at radius 1 is 1.09 bits per heavy atom. The maximum atomic E-state index is 5.42. The second-order valence-electron chi connectivity index (χ2n) is 4.61. The highest BCUT2D eigenvalue weighted by Crippen LogP contribution is 2.37. The molecule has 8 heteroatoms. The Balaban J connectivity index is 1.67. The molecule has 1 heterocycles. The van der Waals surface area contributed by atoms with Gasteiger partial charge in [0.1, 0.15) is 0 Å². The maximum absolute atomic E-state index is 5.42. The molecule has 22 heavy (non-hydrogen) atoms. The van der Waals surface area contributed by atoms with Gasteiger partial charge in [-0.2, -0.15) is 0 Å². The molecular formula is C14H21NO3S3Si. The molecule has 0 bridgehead atoms. The lowest BCUT2D eigenvalue weighted by molar-refractivity contribution is 0.123. The molecule has 0 aliphatic heterocycles. The number of hydrogen-bond donors (Lipinski definition) is 0. The quantitative estimate of drug-likeness (QED) is 0.341. The second-order valence-corrected chi connectivity index (χ2v) is 11.4. The van der Waals surface area contributed by atoms with Crippen molar-refractivity contribution in [3.05, 3.63) is 24.3 Å². The summed E-state index contributed by atoms with van der Waals surface area (Å²) in [6.07, 6.45) is 2.17. The zero-order valence-electron chi connectivity index (χ0n) is 13.0. The van der Waals surface area contributed by atoms with E-state index in [4.69, 9.17) is 13.3 Å². The van der Waals surface area contributed by atoms with Gasteiger partial charge in [-0.05, 0) is 35.8 Å². The monoisotopic (exact) mass is 375 g/mol. The smallest absolute Gasteiger partial charge is 0.377 e. The highest BCUT2D eigenvalue weighted by Gasteiger charge is 2.36. The van der Waals surface area contributed by atoms with Crippen LogP contribution in [0.3, 0.4) is 0 Å². The second kappa shape index (κ2) is 9.26. The van der Waals surface area contributed by atoms with Crippen molar-refractivity contribution in [2.75, 3.05) is 27.1 Å². The van der Waals surface area contributed by atoms with Crippen LogP contribution in [-0.2, 0) is 13.3 Å². The van der Waals surface area contributed by atoms with Crippen LogP contribution in [0.5, 0.6) is 0 Å². The minimum absolute atomic E-state index is 0.864. The molecule has 4 nitrogen and oxygen atoms in total. The van der Waals surface area contributed by atoms with Crippen molar-refractivity contribution in [2.45, 2.75) is 23.2 Å². The summed E-state index contributed by atoms with van der Waals surface area (Å²) >= 11 is 1.75. The molecule has 2 aromatic rings. The minimum atomic E-state index is -2.39. The van der Waals surface area contributed by atoms with Crippen molar-refractivity contribution in [2.24, 2.45) is 0 Å². The first-order valence-electron chi connectivity index (χ1n) is 7.03. The van der Waals surface area contributed by atoms with Gasteiger partial charge in [0.15, 0.2) is 4.34 Å². The molecule has 0 saturated heterocycles. The van der Waals surface area contributed by atoms with Gasteiger partial charge in [-0.3, -0.25) is 0 Å². The lowest BCUT2D eigenvalue weighted by Crippen LogP contribution is -2.42. The van der Waals surface area contributed by atoms with Gasteiger partial charge in [0.25, 0.3) is 0 Å². The average molecular weight is 376 g/mol. The van der Waals surface area contributed by atoms with E-state index < -0.39 is 8.80 Å². The standard InChI is InChI=1S/C14H21NO3S3Si/c1-16-22(17-2,18-3)11-7-6-10-19-21-14-15-12-8-4-5-9-13(12)20-14/h4-5,8-9H,6-7,10-11H2,1-3H3. The Bertz CT molecular complexity index is 536. The molecule has 0 atom stereocenters. The average Bonchev–Trinajstić information content (AvgIpc) is 2.98. The van der Waals surface area contributed by atoms with Crippen LogP contribution < -0.4 is 0 Å². The van der Waals surface area contributed by atoms with Crippen LogP contribution >= 0.6 is 32.9 Å². The predicted octanol–water partition coefficient (Wildman–Crippen LogP) is 4.69. The summed E-state index contributed by atoms with van der Waals surface area (Å²) < 4.78 is 18.6. The molecule has 0 N–H and O–H groups in total. The van der Waals surface area contributed by atoms with Gasteiger partial charge in [0, 0.05) is 33.1 Å². The van der Waals surface area contributed by atoms with E-state index in [1.807, 2.05) is 16.9 Å². The molecule has 0 aliphatic rings. The highest BCUT2D eigenvalue weighted by atomic mass is 33.1. The third-order valence-electron chi connectivity index (χ3n) is 3.30. The molecular weight excluding hydrogens is 354 g/mol. The molecule has 1 aromatic carbocycles. The molecule has 1 aromatic heterocycles. The molecule has 0 radical (unpaired) electrons. The molecule has 0 saturated carbocycles. The summed E-state index contributed by atoms with van der Waals surface area (Å²) in [6, 6.07) is 9.13. The van der Waals surface area contributed by atoms with Crippen LogP contribution in [0.1, 0.15) is 12.8 Å². The Labute approximate surface area is 144 Å². The largest absolute Gasteiger partial charge is 0.500 e. The zero-order valence-corrected chi connectivity index (χ0v) is 16.5. The van der Waals surface area contributed by atoms with Crippen LogP contribution in [0.4, 0.5) is 0 Å². The number of para-hydroxylation sites is 1. The highest BCUT2D eigenvalue weighted by molar-refractivity contribution is 8.77. The van der Waals surface area contributed by atoms with E-state index in [9.17, 15) is 0 Å². The summed E-state index contributed by atoms with van der Waals surface area (Å²) in [5.74, 6) is 1.09. The number of benzene rings is 1. The molecule has 0 unspecified atom stereocenters. The number of thiazole rings is 1. The summed E-state index contributed by atoms with van der Waals surface area (Å²) in [6.45, 7) is 0. The maximum Gasteiger partial charge on any atom is 0.500 e. The van der Waals surface area contributed by atoms with Crippen LogP contribution in [0.15, 0.2) is 28.6 Å². The SMILES string of the molecule is CO[Si](CCCCSSc1nc2ccccc2s1)(OC)OC. The Morgan fingerprint density at radius 3 is 2.50 bits per heavy atom. The van der Waals surface area contributed by atoms with Gasteiger partial charge in [-0.25, -0.2) is 4.98 Å². The van der Waals surface area contributed by atoms with Gasteiger partial charge in [-0.1, -0.05) is 22.9 Å². The Morgan fingerprint density at radius 2 is 1.82 bits per heavy atom. The van der Waals surface area contributed by atoms with Crippen molar-refractivity contribution < 1.29 is 13.3 Å². The first-order valence-corrected chi connectivity index (χ1v) is 12.1. The fourth-order valence-electron chi connectivity index (χ4n) is 2.04. The summed E-state index contributed by atoms with van der Waals surface area (Å²) in [4.78, 5) is 4.62. The van der Waals surface area contributed by atoms with E-state index in [1.165, 1.54) is 4.70 Å². The van der Waals surface area contributed by atoms with Crippen molar-refractivity contribution >= 4 is 51.9 Å². The first-order chi connectivity index (χ1) is 10.7. The van der Waals surface area contributed by atoms with Crippen LogP contribution in [0, 0.1) is 0 Å². The number of fused-ring (bicyclic) bond motifs is 1. The van der Waals surface area contributed by atoms with E-state index >= 15 is 0 Å². The van der Waals surface area contributed by atoms with Crippen molar-refractivity contribution in [1.82, 2.24) is 4.98 Å². The van der Waals surface area contributed by atoms with E-state index in [0.29, 0.717) is 0 Å². The van der Waals surface area contributed by atoms with Crippen molar-refractivity contribution in [3.63, 3.8) is 0 Å². The van der Waals surface area contributed by atoms with E-state index in [0.717, 1.165) is 34.5 Å². The van der Waals surface area contributed by atoms with Crippen LogP contribution in [0.2, 0.25) is 6.04 Å². The van der Waals surface area contributed by atoms with Gasteiger partial charge in [0.05, 0.1) is 10.2 Å². The van der Waals surface area contributed by atoms with Crippen molar-refractivity contribution in [1.29, 1.82) is 0 Å². The fourth-order valence-corrected chi connectivity index (χ4v) is 7.33. The van der Waals surface area contributed by atoms with Crippen LogP contribution in [0.25, 0.3) is 10.2 Å². The molecule has 2 rings (SSSR count). The minimum Gasteiger partial charge on any atom is -0.377 e. The number of nitrogens with zero attached hydrogens (tertiary/aromatic N) is 1. The predicted molar refractivity (Wildman–Crippen MR) is 98.8 cm³/mol. The lowest BCUT2D eigenvalue weighted by atomic mass is 10.3. The lowest BCUT2D eigenvalue weighted by Gasteiger charge is -2.24. The van der Waals surface area contributed by atoms with E-state index in [-0.39, 0.29) is 0 Å². The summed E-state index contributed by atoms with van der Waals surface area (Å²) in [5, 5.41) is 0. The number of unbranched alkanes of at least 4 members (excludes halogenated alkanes) is 1. The molecule has 122 valence electrons. The first kappa shape index (κ1) is 18.2. The molecule has 0 fully saturated rings.